The molecule has 2 aliphatic heterocycles. The van der Waals surface area contributed by atoms with E-state index in [0.717, 1.165) is 11.6 Å². The van der Waals surface area contributed by atoms with Gasteiger partial charge in [0.25, 0.3) is 0 Å². The zero-order valence-corrected chi connectivity index (χ0v) is 28.8. The number of nitrogens with one attached hydrogen (secondary N) is 3. The highest BCUT2D eigenvalue weighted by atomic mass is 16.5. The molecule has 4 N–H and O–H groups in total. The first-order valence-electron chi connectivity index (χ1n) is 15.9. The Kier molecular flexibility index (Phi) is 12.9. The van der Waals surface area contributed by atoms with E-state index in [1.165, 1.54) is 7.11 Å². The lowest BCUT2D eigenvalue weighted by atomic mass is 9.88. The number of ether oxygens (including phenoxy) is 3. The maximum absolute atomic E-state index is 13.8. The molecule has 1 fully saturated rings. The minimum Gasteiger partial charge on any atom is -0.476 e. The summed E-state index contributed by atoms with van der Waals surface area (Å²) in [5.74, 6) is -2.62. The summed E-state index contributed by atoms with van der Waals surface area (Å²) in [7, 11) is 5.28. The van der Waals surface area contributed by atoms with E-state index in [1.807, 2.05) is 38.9 Å². The first-order chi connectivity index (χ1) is 22.0. The number of hydrogen-bond donors (Lipinski definition) is 4. The van der Waals surface area contributed by atoms with Crippen LogP contribution in [0.5, 0.6) is 0 Å². The molecule has 3 aliphatic rings. The van der Waals surface area contributed by atoms with Crippen molar-refractivity contribution in [1.29, 1.82) is 0 Å². The van der Waals surface area contributed by atoms with Crippen LogP contribution in [0.3, 0.4) is 0 Å². The second-order valence-electron chi connectivity index (χ2n) is 13.0. The Hall–Kier alpha value is -4.00. The molecule has 1 aliphatic carbocycles. The zero-order valence-electron chi connectivity index (χ0n) is 28.8. The Morgan fingerprint density at radius 3 is 2.60 bits per heavy atom. The fourth-order valence-electron chi connectivity index (χ4n) is 5.55. The number of nitrogens with zero attached hydrogens (tertiary/aromatic N) is 1. The number of ketones is 2. The average molecular weight is 655 g/mol. The molecule has 1 saturated heterocycles. The Morgan fingerprint density at radius 2 is 1.96 bits per heavy atom. The molecular formula is C35H50N4O8. The highest BCUT2D eigenvalue weighted by Crippen LogP contribution is 2.32. The van der Waals surface area contributed by atoms with Crippen molar-refractivity contribution in [1.82, 2.24) is 20.9 Å². The SMILES string of the molecule is C=C1NC2(O)CC(O1)C(C)/C=C(\C)C(OC(=O)C(C)C)CC(=O)NC1=CC(=O)C(NCCN(C)C)=C(C/C(C)=C/C=C/C2OC)C1=O. The summed E-state index contributed by atoms with van der Waals surface area (Å²) in [5.41, 5.74) is -0.0144. The topological polar surface area (TPSA) is 156 Å². The smallest absolute Gasteiger partial charge is 0.308 e. The molecule has 258 valence electrons. The predicted octanol–water partition coefficient (Wildman–Crippen LogP) is 2.54. The van der Waals surface area contributed by atoms with E-state index >= 15 is 0 Å². The summed E-state index contributed by atoms with van der Waals surface area (Å²) in [6.07, 6.45) is 5.77. The van der Waals surface area contributed by atoms with Gasteiger partial charge in [0.1, 0.15) is 18.3 Å². The average Bonchev–Trinajstić information content (AvgIpc) is 2.97. The van der Waals surface area contributed by atoms with Crippen molar-refractivity contribution in [2.45, 2.75) is 77.9 Å². The number of carbonyl (C=O) groups excluding carboxylic acids is 4. The van der Waals surface area contributed by atoms with Crippen LogP contribution in [0.25, 0.3) is 0 Å². The number of esters is 1. The van der Waals surface area contributed by atoms with Crippen LogP contribution in [0.1, 0.15) is 53.9 Å². The molecule has 5 unspecified atom stereocenters. The molecule has 3 rings (SSSR count). The predicted molar refractivity (Wildman–Crippen MR) is 177 cm³/mol. The van der Waals surface area contributed by atoms with Crippen LogP contribution in [0, 0.1) is 11.8 Å². The van der Waals surface area contributed by atoms with Crippen molar-refractivity contribution in [3.05, 3.63) is 71.0 Å². The van der Waals surface area contributed by atoms with E-state index in [-0.39, 0.29) is 48.0 Å². The van der Waals surface area contributed by atoms with Crippen molar-refractivity contribution in [3.8, 4) is 0 Å². The van der Waals surface area contributed by atoms with Gasteiger partial charge in [0.15, 0.2) is 11.6 Å². The second-order valence-corrected chi connectivity index (χ2v) is 13.0. The van der Waals surface area contributed by atoms with Crippen LogP contribution in [-0.2, 0) is 33.4 Å². The van der Waals surface area contributed by atoms with Gasteiger partial charge in [0.2, 0.25) is 17.5 Å². The van der Waals surface area contributed by atoms with Crippen LogP contribution in [0.2, 0.25) is 0 Å². The Labute approximate surface area is 277 Å². The summed E-state index contributed by atoms with van der Waals surface area (Å²) in [6, 6.07) is 0. The van der Waals surface area contributed by atoms with E-state index < -0.39 is 53.4 Å². The summed E-state index contributed by atoms with van der Waals surface area (Å²) in [5, 5.41) is 20.4. The number of methoxy groups -OCH3 is 1. The largest absolute Gasteiger partial charge is 0.476 e. The van der Waals surface area contributed by atoms with Gasteiger partial charge in [-0.2, -0.15) is 0 Å². The van der Waals surface area contributed by atoms with Crippen LogP contribution in [0.4, 0.5) is 0 Å². The van der Waals surface area contributed by atoms with Crippen molar-refractivity contribution in [2.24, 2.45) is 11.8 Å². The summed E-state index contributed by atoms with van der Waals surface area (Å²) >= 11 is 0. The van der Waals surface area contributed by atoms with Gasteiger partial charge >= 0.3 is 5.97 Å². The van der Waals surface area contributed by atoms with E-state index in [1.54, 1.807) is 39.0 Å². The number of carbonyl (C=O) groups is 4. The highest BCUT2D eigenvalue weighted by molar-refractivity contribution is 6.23. The molecule has 0 radical (unpaired) electrons. The Bertz CT molecular complexity index is 1410. The normalized spacial score (nSPS) is 30.7. The number of Topliss-reactive ketones (excluding diaryl/α,β-unsaturated/α-hetero) is 1. The van der Waals surface area contributed by atoms with E-state index in [0.29, 0.717) is 18.7 Å². The van der Waals surface area contributed by atoms with Gasteiger partial charge in [0, 0.05) is 44.2 Å². The maximum atomic E-state index is 13.8. The highest BCUT2D eigenvalue weighted by Gasteiger charge is 2.44. The minimum atomic E-state index is -1.58. The fraction of sp³-hybridized carbons (Fsp3) is 0.543. The van der Waals surface area contributed by atoms with Gasteiger partial charge in [-0.15, -0.1) is 0 Å². The third kappa shape index (κ3) is 9.99. The molecule has 1 amide bonds. The van der Waals surface area contributed by atoms with Crippen molar-refractivity contribution < 1.29 is 38.5 Å². The van der Waals surface area contributed by atoms with E-state index in [4.69, 9.17) is 14.2 Å². The first-order valence-corrected chi connectivity index (χ1v) is 15.9. The van der Waals surface area contributed by atoms with Crippen molar-refractivity contribution in [2.75, 3.05) is 34.3 Å². The number of aliphatic hydroxyl groups is 1. The van der Waals surface area contributed by atoms with Crippen LogP contribution >= 0.6 is 0 Å². The quantitative estimate of drug-likeness (QED) is 0.182. The summed E-state index contributed by atoms with van der Waals surface area (Å²) < 4.78 is 17.4. The number of amides is 1. The lowest BCUT2D eigenvalue weighted by molar-refractivity contribution is -0.154. The van der Waals surface area contributed by atoms with Gasteiger partial charge in [-0.05, 0) is 46.5 Å². The molecule has 0 aromatic rings. The lowest BCUT2D eigenvalue weighted by Crippen LogP contribution is -2.60. The maximum Gasteiger partial charge on any atom is 0.308 e. The van der Waals surface area contributed by atoms with Crippen molar-refractivity contribution in [3.63, 3.8) is 0 Å². The van der Waals surface area contributed by atoms with Crippen LogP contribution < -0.4 is 16.0 Å². The fourth-order valence-corrected chi connectivity index (χ4v) is 5.55. The van der Waals surface area contributed by atoms with Crippen LogP contribution in [0.15, 0.2) is 71.0 Å². The third-order valence-electron chi connectivity index (χ3n) is 8.21. The molecular weight excluding hydrogens is 604 g/mol. The molecule has 12 heteroatoms. The van der Waals surface area contributed by atoms with Gasteiger partial charge in [0.05, 0.1) is 23.7 Å². The summed E-state index contributed by atoms with van der Waals surface area (Å²) in [4.78, 5) is 55.2. The number of hydrogen-bond acceptors (Lipinski definition) is 11. The molecule has 47 heavy (non-hydrogen) atoms. The monoisotopic (exact) mass is 654 g/mol. The standard InChI is InChI=1S/C35H50N4O8/c1-20(2)34(43)47-28-18-31(41)37-26-17-27(40)32(36-13-14-39(7)8)25(33(26)42)15-21(3)11-10-12-30(45-9)35(44)19-29(46-24(6)38-35)23(5)16-22(28)4/h10-12,16-17,20,23,28-30,36,38,44H,6,13-15,18-19H2,1-5,7-9H3,(H,37,41)/b12-10+,21-11+,22-16+. The third-order valence-corrected chi connectivity index (χ3v) is 8.21. The number of likely N-dealkylation sites (N-methyl/N-ethyl adjacent to an activating group) is 1. The number of allylic oxidation sites excluding steroid dienone is 5. The molecule has 0 saturated carbocycles. The molecule has 0 spiro atoms. The summed E-state index contributed by atoms with van der Waals surface area (Å²) in [6.45, 7) is 13.8. The zero-order chi connectivity index (χ0) is 35.1. The van der Waals surface area contributed by atoms with Gasteiger partial charge < -0.3 is 40.2 Å². The number of rotatable bonds is 7. The van der Waals surface area contributed by atoms with E-state index in [2.05, 4.69) is 22.5 Å². The van der Waals surface area contributed by atoms with Gasteiger partial charge in [-0.25, -0.2) is 0 Å². The Balaban J connectivity index is 2.11. The molecule has 2 heterocycles. The van der Waals surface area contributed by atoms with Crippen LogP contribution in [-0.4, -0.2) is 91.8 Å². The van der Waals surface area contributed by atoms with Crippen molar-refractivity contribution >= 4 is 23.4 Å². The number of fused-ring (bicyclic) bond motifs is 4. The molecule has 4 bridgehead atoms. The van der Waals surface area contributed by atoms with Gasteiger partial charge in [-0.1, -0.05) is 50.6 Å². The van der Waals surface area contributed by atoms with Gasteiger partial charge in [-0.3, -0.25) is 19.2 Å². The molecule has 12 nitrogen and oxygen atoms in total. The second kappa shape index (κ2) is 16.2. The molecule has 5 atom stereocenters. The Morgan fingerprint density at radius 1 is 1.26 bits per heavy atom. The minimum absolute atomic E-state index is 0.118. The molecule has 0 aromatic heterocycles. The molecule has 0 aromatic carbocycles. The lowest BCUT2D eigenvalue weighted by Gasteiger charge is -2.44. The first kappa shape index (κ1) is 37.5. The van der Waals surface area contributed by atoms with E-state index in [9.17, 15) is 24.3 Å².